The highest BCUT2D eigenvalue weighted by Crippen LogP contribution is 2.25. The number of hydrogen-bond acceptors (Lipinski definition) is 3. The SMILES string of the molecule is CN(Cc1ccc(C(=O)O)s1)CC1CCCCC1. The van der Waals surface area contributed by atoms with Crippen molar-refractivity contribution in [1.82, 2.24) is 4.90 Å². The zero-order chi connectivity index (χ0) is 13.0. The number of rotatable bonds is 5. The maximum Gasteiger partial charge on any atom is 0.345 e. The van der Waals surface area contributed by atoms with Gasteiger partial charge in [0.05, 0.1) is 0 Å². The molecule has 1 aromatic rings. The molecule has 2 rings (SSSR count). The molecular weight excluding hydrogens is 246 g/mol. The first-order valence-corrected chi connectivity index (χ1v) is 7.47. The molecule has 4 heteroatoms. The van der Waals surface area contributed by atoms with Crippen LogP contribution in [0.25, 0.3) is 0 Å². The first-order chi connectivity index (χ1) is 8.65. The van der Waals surface area contributed by atoms with Crippen molar-refractivity contribution in [3.05, 3.63) is 21.9 Å². The van der Waals surface area contributed by atoms with Gasteiger partial charge in [-0.05, 0) is 37.9 Å². The Kier molecular flexibility index (Phi) is 4.78. The summed E-state index contributed by atoms with van der Waals surface area (Å²) in [6.45, 7) is 2.01. The first kappa shape index (κ1) is 13.6. The molecule has 0 spiro atoms. The van der Waals surface area contributed by atoms with Crippen LogP contribution < -0.4 is 0 Å². The third-order valence-corrected chi connectivity index (χ3v) is 4.65. The Labute approximate surface area is 112 Å². The van der Waals surface area contributed by atoms with Gasteiger partial charge in [0, 0.05) is 18.0 Å². The highest BCUT2D eigenvalue weighted by atomic mass is 32.1. The van der Waals surface area contributed by atoms with Crippen LogP contribution in [-0.4, -0.2) is 29.6 Å². The van der Waals surface area contributed by atoms with Crippen molar-refractivity contribution < 1.29 is 9.90 Å². The van der Waals surface area contributed by atoms with Crippen molar-refractivity contribution in [1.29, 1.82) is 0 Å². The minimum Gasteiger partial charge on any atom is -0.477 e. The van der Waals surface area contributed by atoms with E-state index < -0.39 is 5.97 Å². The van der Waals surface area contributed by atoms with E-state index in [9.17, 15) is 4.79 Å². The molecule has 1 aliphatic rings. The van der Waals surface area contributed by atoms with Crippen molar-refractivity contribution in [2.24, 2.45) is 5.92 Å². The fourth-order valence-corrected chi connectivity index (χ4v) is 3.65. The van der Waals surface area contributed by atoms with Crippen LogP contribution in [-0.2, 0) is 6.54 Å². The van der Waals surface area contributed by atoms with E-state index in [0.717, 1.165) is 23.9 Å². The molecule has 0 saturated heterocycles. The molecule has 1 aromatic heterocycles. The molecule has 3 nitrogen and oxygen atoms in total. The van der Waals surface area contributed by atoms with Crippen molar-refractivity contribution in [2.75, 3.05) is 13.6 Å². The van der Waals surface area contributed by atoms with Gasteiger partial charge in [0.15, 0.2) is 0 Å². The molecule has 0 amide bonds. The summed E-state index contributed by atoms with van der Waals surface area (Å²) in [6.07, 6.45) is 6.86. The number of carbonyl (C=O) groups is 1. The first-order valence-electron chi connectivity index (χ1n) is 6.65. The molecular formula is C14H21NO2S. The molecule has 100 valence electrons. The second kappa shape index (κ2) is 6.34. The average molecular weight is 267 g/mol. The lowest BCUT2D eigenvalue weighted by Gasteiger charge is -2.26. The fourth-order valence-electron chi connectivity index (χ4n) is 2.72. The van der Waals surface area contributed by atoms with Crippen LogP contribution in [0.3, 0.4) is 0 Å². The minimum atomic E-state index is -0.818. The van der Waals surface area contributed by atoms with Gasteiger partial charge >= 0.3 is 5.97 Å². The van der Waals surface area contributed by atoms with Gasteiger partial charge in [-0.15, -0.1) is 11.3 Å². The molecule has 1 saturated carbocycles. The number of carboxylic acid groups (broad SMARTS) is 1. The van der Waals surface area contributed by atoms with Crippen LogP contribution in [0.2, 0.25) is 0 Å². The Morgan fingerprint density at radius 1 is 1.39 bits per heavy atom. The maximum absolute atomic E-state index is 10.8. The summed E-state index contributed by atoms with van der Waals surface area (Å²) in [4.78, 5) is 14.7. The third-order valence-electron chi connectivity index (χ3n) is 3.59. The van der Waals surface area contributed by atoms with E-state index in [0.29, 0.717) is 4.88 Å². The largest absolute Gasteiger partial charge is 0.477 e. The Balaban J connectivity index is 1.82. The van der Waals surface area contributed by atoms with E-state index in [2.05, 4.69) is 11.9 Å². The van der Waals surface area contributed by atoms with Crippen LogP contribution in [0.4, 0.5) is 0 Å². The molecule has 0 unspecified atom stereocenters. The predicted molar refractivity (Wildman–Crippen MR) is 74.2 cm³/mol. The average Bonchev–Trinajstić information content (AvgIpc) is 2.78. The Morgan fingerprint density at radius 3 is 2.72 bits per heavy atom. The van der Waals surface area contributed by atoms with E-state index in [1.54, 1.807) is 6.07 Å². The smallest absolute Gasteiger partial charge is 0.345 e. The maximum atomic E-state index is 10.8. The molecule has 1 heterocycles. The standard InChI is InChI=1S/C14H21NO2S/c1-15(9-11-5-3-2-4-6-11)10-12-7-8-13(18-12)14(16)17/h7-8,11H,2-6,9-10H2,1H3,(H,16,17). The summed E-state index contributed by atoms with van der Waals surface area (Å²) in [7, 11) is 2.13. The van der Waals surface area contributed by atoms with Crippen molar-refractivity contribution >= 4 is 17.3 Å². The molecule has 1 fully saturated rings. The number of thiophene rings is 1. The quantitative estimate of drug-likeness (QED) is 0.888. The number of hydrogen-bond donors (Lipinski definition) is 1. The zero-order valence-corrected chi connectivity index (χ0v) is 11.7. The number of carboxylic acids is 1. The van der Waals surface area contributed by atoms with Gasteiger partial charge in [-0.2, -0.15) is 0 Å². The van der Waals surface area contributed by atoms with Crippen LogP contribution in [0.15, 0.2) is 12.1 Å². The van der Waals surface area contributed by atoms with Gasteiger partial charge < -0.3 is 10.0 Å². The molecule has 0 bridgehead atoms. The monoisotopic (exact) mass is 267 g/mol. The lowest BCUT2D eigenvalue weighted by molar-refractivity contribution is 0.0702. The lowest BCUT2D eigenvalue weighted by Crippen LogP contribution is -2.26. The van der Waals surface area contributed by atoms with Gasteiger partial charge in [0.1, 0.15) is 4.88 Å². The van der Waals surface area contributed by atoms with Gasteiger partial charge in [-0.1, -0.05) is 19.3 Å². The van der Waals surface area contributed by atoms with Gasteiger partial charge in [-0.3, -0.25) is 0 Å². The van der Waals surface area contributed by atoms with Crippen LogP contribution >= 0.6 is 11.3 Å². The normalized spacial score (nSPS) is 17.2. The minimum absolute atomic E-state index is 0.441. The molecule has 0 aliphatic heterocycles. The van der Waals surface area contributed by atoms with E-state index in [4.69, 9.17) is 5.11 Å². The van der Waals surface area contributed by atoms with Gasteiger partial charge in [-0.25, -0.2) is 4.79 Å². The van der Waals surface area contributed by atoms with Crippen LogP contribution in [0.5, 0.6) is 0 Å². The Bertz CT molecular complexity index is 396. The predicted octanol–water partition coefficient (Wildman–Crippen LogP) is 3.46. The van der Waals surface area contributed by atoms with Crippen LogP contribution in [0, 0.1) is 5.92 Å². The highest BCUT2D eigenvalue weighted by molar-refractivity contribution is 7.13. The highest BCUT2D eigenvalue weighted by Gasteiger charge is 2.16. The Morgan fingerprint density at radius 2 is 2.11 bits per heavy atom. The van der Waals surface area contributed by atoms with E-state index in [1.165, 1.54) is 43.4 Å². The number of aromatic carboxylic acids is 1. The molecule has 0 atom stereocenters. The molecule has 1 aliphatic carbocycles. The summed E-state index contributed by atoms with van der Waals surface area (Å²) in [5, 5.41) is 8.89. The zero-order valence-electron chi connectivity index (χ0n) is 10.9. The summed E-state index contributed by atoms with van der Waals surface area (Å²) < 4.78 is 0. The number of nitrogens with zero attached hydrogens (tertiary/aromatic N) is 1. The van der Waals surface area contributed by atoms with Crippen molar-refractivity contribution in [3.8, 4) is 0 Å². The topological polar surface area (TPSA) is 40.5 Å². The summed E-state index contributed by atoms with van der Waals surface area (Å²) in [5.41, 5.74) is 0. The molecule has 0 radical (unpaired) electrons. The van der Waals surface area contributed by atoms with Crippen LogP contribution in [0.1, 0.15) is 46.7 Å². The Hall–Kier alpha value is -0.870. The molecule has 1 N–H and O–H groups in total. The second-order valence-corrected chi connectivity index (χ2v) is 6.44. The summed E-state index contributed by atoms with van der Waals surface area (Å²) >= 11 is 1.39. The third kappa shape index (κ3) is 3.82. The van der Waals surface area contributed by atoms with E-state index >= 15 is 0 Å². The van der Waals surface area contributed by atoms with Crippen molar-refractivity contribution in [2.45, 2.75) is 38.6 Å². The summed E-state index contributed by atoms with van der Waals surface area (Å²) in [6, 6.07) is 3.64. The second-order valence-electron chi connectivity index (χ2n) is 5.27. The lowest BCUT2D eigenvalue weighted by atomic mass is 9.89. The van der Waals surface area contributed by atoms with Gasteiger partial charge in [0.25, 0.3) is 0 Å². The van der Waals surface area contributed by atoms with E-state index in [-0.39, 0.29) is 0 Å². The molecule has 0 aromatic carbocycles. The van der Waals surface area contributed by atoms with Crippen molar-refractivity contribution in [3.63, 3.8) is 0 Å². The summed E-state index contributed by atoms with van der Waals surface area (Å²) in [5.74, 6) is 0.0174. The fraction of sp³-hybridized carbons (Fsp3) is 0.643. The van der Waals surface area contributed by atoms with Gasteiger partial charge in [0.2, 0.25) is 0 Å². The molecule has 18 heavy (non-hydrogen) atoms. The van der Waals surface area contributed by atoms with E-state index in [1.807, 2.05) is 6.07 Å².